The van der Waals surface area contributed by atoms with Crippen molar-refractivity contribution in [2.45, 2.75) is 57.2 Å². The second-order valence-corrected chi connectivity index (χ2v) is 15.1. The van der Waals surface area contributed by atoms with Gasteiger partial charge in [-0.25, -0.2) is 23.2 Å². The first kappa shape index (κ1) is 38.7. The van der Waals surface area contributed by atoms with Crippen molar-refractivity contribution in [1.82, 2.24) is 19.8 Å². The van der Waals surface area contributed by atoms with Crippen LogP contribution in [0.15, 0.2) is 30.1 Å². The first-order chi connectivity index (χ1) is 23.5. The molecule has 50 heavy (non-hydrogen) atoms. The monoisotopic (exact) mass is 744 g/mol. The number of rotatable bonds is 9. The molecule has 1 aliphatic carbocycles. The number of fused-ring (bicyclic) bond motifs is 1. The van der Waals surface area contributed by atoms with Crippen molar-refractivity contribution in [2.24, 2.45) is 5.92 Å². The molecule has 0 unspecified atom stereocenters. The Hall–Kier alpha value is -4.12. The maximum Gasteiger partial charge on any atom is 0.490 e. The number of anilines is 3. The lowest BCUT2D eigenvalue weighted by Crippen LogP contribution is -2.44. The fourth-order valence-electron chi connectivity index (χ4n) is 5.77. The van der Waals surface area contributed by atoms with Gasteiger partial charge in [-0.15, -0.1) is 0 Å². The molecular formula is C32H40ClF3N6O7S. The van der Waals surface area contributed by atoms with Crippen LogP contribution in [0.1, 0.15) is 50.5 Å². The van der Waals surface area contributed by atoms with Gasteiger partial charge in [0.1, 0.15) is 39.7 Å². The van der Waals surface area contributed by atoms with Gasteiger partial charge < -0.3 is 30.3 Å². The molecule has 2 fully saturated rings. The Morgan fingerprint density at radius 2 is 1.80 bits per heavy atom. The van der Waals surface area contributed by atoms with E-state index in [1.165, 1.54) is 11.2 Å². The van der Waals surface area contributed by atoms with Crippen molar-refractivity contribution in [1.29, 1.82) is 0 Å². The average Bonchev–Trinajstić information content (AvgIpc) is 3.51. The number of likely N-dealkylation sites (tertiary alicyclic amines) is 1. The number of hydrogen-bond acceptors (Lipinski definition) is 10. The zero-order chi connectivity index (χ0) is 36.6. The summed E-state index contributed by atoms with van der Waals surface area (Å²) in [6.45, 7) is 2.01. The molecule has 0 atom stereocenters. The molecule has 2 amide bonds. The number of carboxylic acid groups (broad SMARTS) is 1. The van der Waals surface area contributed by atoms with Crippen LogP contribution in [-0.2, 0) is 24.2 Å². The third-order valence-corrected chi connectivity index (χ3v) is 9.72. The Morgan fingerprint density at radius 3 is 2.40 bits per heavy atom. The van der Waals surface area contributed by atoms with Crippen molar-refractivity contribution in [3.8, 4) is 5.75 Å². The molecule has 1 aromatic carbocycles. The number of amides is 2. The minimum atomic E-state index is -5.08. The Morgan fingerprint density at radius 1 is 1.14 bits per heavy atom. The summed E-state index contributed by atoms with van der Waals surface area (Å²) >= 11 is 6.63. The Bertz CT molecular complexity index is 1700. The summed E-state index contributed by atoms with van der Waals surface area (Å²) in [4.78, 5) is 46.9. The quantitative estimate of drug-likeness (QED) is 0.323. The van der Waals surface area contributed by atoms with Crippen LogP contribution in [0.2, 0.25) is 5.02 Å². The van der Waals surface area contributed by atoms with E-state index in [9.17, 15) is 31.2 Å². The molecule has 1 aromatic heterocycles. The number of sulfone groups is 1. The van der Waals surface area contributed by atoms with E-state index in [1.54, 1.807) is 19.2 Å². The maximum atomic E-state index is 13.1. The van der Waals surface area contributed by atoms with Gasteiger partial charge >= 0.3 is 12.1 Å². The van der Waals surface area contributed by atoms with E-state index in [1.807, 2.05) is 17.0 Å². The highest BCUT2D eigenvalue weighted by Crippen LogP contribution is 2.34. The fourth-order valence-corrected chi connectivity index (χ4v) is 6.60. The number of aromatic nitrogens is 2. The summed E-state index contributed by atoms with van der Waals surface area (Å²) in [5, 5.41) is 14.1. The van der Waals surface area contributed by atoms with E-state index in [0.29, 0.717) is 71.2 Å². The second kappa shape index (κ2) is 16.7. The third kappa shape index (κ3) is 10.9. The molecule has 0 radical (unpaired) electrons. The number of halogens is 4. The van der Waals surface area contributed by atoms with Crippen LogP contribution < -0.4 is 15.4 Å². The van der Waals surface area contributed by atoms with Crippen molar-refractivity contribution in [2.75, 3.05) is 55.9 Å². The molecule has 3 N–H and O–H groups in total. The molecule has 13 nitrogen and oxygen atoms in total. The SMILES string of the molecule is CN(CCS(C)(=O)=O)C(=O)C1=Cc2c(ncnc2Nc2ccc(OC3CCN(C(=O)C4CCCC4)CC3)c(Cl)c2)NCC1.O=C(O)C(F)(F)F. The van der Waals surface area contributed by atoms with Crippen LogP contribution in [0.5, 0.6) is 5.75 Å². The molecule has 3 aliphatic rings. The summed E-state index contributed by atoms with van der Waals surface area (Å²) in [6.07, 6.45) is 5.57. The van der Waals surface area contributed by atoms with Gasteiger partial charge in [-0.2, -0.15) is 13.2 Å². The molecule has 0 spiro atoms. The standard InChI is InChI=1S/C30H39ClN6O5S.C2HF3O2/c1-36(15-16-43(2,40)41)29(38)21-9-12-32-27-24(17-21)28(34-19-33-27)35-22-7-8-26(25(31)18-22)42-23-10-13-37(14-11-23)30(39)20-5-3-4-6-20;3-2(4,5)1(6)7/h7-8,17-20,23H,3-6,9-16H2,1-2H3,(H2,32,33,34,35);(H,6,7). The lowest BCUT2D eigenvalue weighted by Gasteiger charge is -2.33. The molecule has 18 heteroatoms. The molecule has 1 saturated heterocycles. The molecule has 1 saturated carbocycles. The highest BCUT2D eigenvalue weighted by atomic mass is 35.5. The number of carbonyl (C=O) groups excluding carboxylic acids is 2. The number of nitrogens with one attached hydrogen (secondary N) is 2. The lowest BCUT2D eigenvalue weighted by molar-refractivity contribution is -0.192. The number of piperidine rings is 1. The Balaban J connectivity index is 0.000000727. The number of ether oxygens (including phenoxy) is 1. The lowest BCUT2D eigenvalue weighted by atomic mass is 10.0. The first-order valence-corrected chi connectivity index (χ1v) is 18.5. The molecule has 2 aromatic rings. The summed E-state index contributed by atoms with van der Waals surface area (Å²) in [5.74, 6) is -0.946. The minimum absolute atomic E-state index is 0.00990. The van der Waals surface area contributed by atoms with E-state index < -0.39 is 22.0 Å². The zero-order valence-corrected chi connectivity index (χ0v) is 29.2. The smallest absolute Gasteiger partial charge is 0.489 e. The van der Waals surface area contributed by atoms with Crippen LogP contribution in [0.25, 0.3) is 6.08 Å². The van der Waals surface area contributed by atoms with Crippen molar-refractivity contribution in [3.63, 3.8) is 0 Å². The normalized spacial score (nSPS) is 16.9. The number of aliphatic carboxylic acids is 1. The van der Waals surface area contributed by atoms with E-state index in [0.717, 1.165) is 44.8 Å². The van der Waals surface area contributed by atoms with Gasteiger partial charge in [-0.05, 0) is 43.5 Å². The minimum Gasteiger partial charge on any atom is -0.489 e. The second-order valence-electron chi connectivity index (χ2n) is 12.4. The molecule has 274 valence electrons. The predicted molar refractivity (Wildman–Crippen MR) is 181 cm³/mol. The average molecular weight is 745 g/mol. The van der Waals surface area contributed by atoms with Crippen LogP contribution in [0.3, 0.4) is 0 Å². The molecular weight excluding hydrogens is 705 g/mol. The van der Waals surface area contributed by atoms with E-state index in [-0.39, 0.29) is 30.2 Å². The predicted octanol–water partition coefficient (Wildman–Crippen LogP) is 4.77. The maximum absolute atomic E-state index is 13.1. The summed E-state index contributed by atoms with van der Waals surface area (Å²) < 4.78 is 61.1. The van der Waals surface area contributed by atoms with Gasteiger partial charge in [0, 0.05) is 69.5 Å². The van der Waals surface area contributed by atoms with Crippen molar-refractivity contribution < 1.29 is 45.8 Å². The number of hydrogen-bond donors (Lipinski definition) is 3. The van der Waals surface area contributed by atoms with E-state index in [2.05, 4.69) is 20.6 Å². The van der Waals surface area contributed by atoms with Gasteiger partial charge in [0.05, 0.1) is 16.3 Å². The van der Waals surface area contributed by atoms with Gasteiger partial charge in [0.15, 0.2) is 0 Å². The van der Waals surface area contributed by atoms with Gasteiger partial charge in [0.2, 0.25) is 11.8 Å². The summed E-state index contributed by atoms with van der Waals surface area (Å²) in [5.41, 5.74) is 1.83. The number of nitrogens with zero attached hydrogens (tertiary/aromatic N) is 4. The molecule has 0 bridgehead atoms. The van der Waals surface area contributed by atoms with Gasteiger partial charge in [-0.1, -0.05) is 24.4 Å². The number of carbonyl (C=O) groups is 3. The van der Waals surface area contributed by atoms with Crippen molar-refractivity contribution >= 4 is 62.6 Å². The topological polar surface area (TPSA) is 171 Å². The summed E-state index contributed by atoms with van der Waals surface area (Å²) in [7, 11) is -1.60. The number of carboxylic acids is 1. The molecule has 2 aliphatic heterocycles. The zero-order valence-electron chi connectivity index (χ0n) is 27.6. The number of likely N-dealkylation sites (N-methyl/N-ethyl adjacent to an activating group) is 1. The Kier molecular flexibility index (Phi) is 12.9. The first-order valence-electron chi connectivity index (χ1n) is 16.1. The van der Waals surface area contributed by atoms with Crippen LogP contribution in [0.4, 0.5) is 30.5 Å². The third-order valence-electron chi connectivity index (χ3n) is 8.50. The number of benzene rings is 1. The van der Waals surface area contributed by atoms with Gasteiger partial charge in [0.25, 0.3) is 0 Å². The van der Waals surface area contributed by atoms with E-state index in [4.69, 9.17) is 26.2 Å². The highest BCUT2D eigenvalue weighted by Gasteiger charge is 2.38. The van der Waals surface area contributed by atoms with Gasteiger partial charge in [-0.3, -0.25) is 9.59 Å². The van der Waals surface area contributed by atoms with Crippen LogP contribution in [-0.4, -0.2) is 109 Å². The van der Waals surface area contributed by atoms with Crippen LogP contribution in [0, 0.1) is 5.92 Å². The number of alkyl halides is 3. The molecule has 5 rings (SSSR count). The van der Waals surface area contributed by atoms with Crippen molar-refractivity contribution in [3.05, 3.63) is 40.7 Å². The highest BCUT2D eigenvalue weighted by molar-refractivity contribution is 7.90. The van der Waals surface area contributed by atoms with Crippen LogP contribution >= 0.6 is 11.6 Å². The Labute approximate surface area is 293 Å². The summed E-state index contributed by atoms with van der Waals surface area (Å²) in [6, 6.07) is 5.44. The largest absolute Gasteiger partial charge is 0.490 e. The molecule has 3 heterocycles. The van der Waals surface area contributed by atoms with E-state index >= 15 is 0 Å². The fraction of sp³-hybridized carbons (Fsp3) is 0.531.